The van der Waals surface area contributed by atoms with E-state index in [4.69, 9.17) is 11.6 Å². The van der Waals surface area contributed by atoms with Crippen molar-refractivity contribution in [1.29, 1.82) is 0 Å². The molecule has 13 heavy (non-hydrogen) atoms. The van der Waals surface area contributed by atoms with Crippen molar-refractivity contribution in [1.82, 2.24) is 0 Å². The molecule has 0 unspecified atom stereocenters. The van der Waals surface area contributed by atoms with Crippen LogP contribution in [0.25, 0.3) is 0 Å². The van der Waals surface area contributed by atoms with Crippen molar-refractivity contribution in [3.8, 4) is 11.8 Å². The van der Waals surface area contributed by atoms with Gasteiger partial charge in [0.05, 0.1) is 0 Å². The third kappa shape index (κ3) is 4.01. The Bertz CT molecular complexity index is 300. The van der Waals surface area contributed by atoms with E-state index in [0.717, 1.165) is 24.3 Å². The predicted molar refractivity (Wildman–Crippen MR) is 57.8 cm³/mol. The van der Waals surface area contributed by atoms with Crippen LogP contribution in [0.4, 0.5) is 0 Å². The molecule has 0 N–H and O–H groups in total. The second-order valence-corrected chi connectivity index (χ2v) is 3.27. The van der Waals surface area contributed by atoms with Crippen LogP contribution in [0.15, 0.2) is 24.3 Å². The summed E-state index contributed by atoms with van der Waals surface area (Å²) < 4.78 is 0. The van der Waals surface area contributed by atoms with Gasteiger partial charge in [0.25, 0.3) is 0 Å². The quantitative estimate of drug-likeness (QED) is 0.627. The molecule has 0 atom stereocenters. The summed E-state index contributed by atoms with van der Waals surface area (Å²) in [4.78, 5) is 0. The summed E-state index contributed by atoms with van der Waals surface area (Å²) in [6, 6.07) is 7.94. The van der Waals surface area contributed by atoms with Crippen LogP contribution in [0.5, 0.6) is 0 Å². The van der Waals surface area contributed by atoms with E-state index >= 15 is 0 Å². The first kappa shape index (κ1) is 10.2. The molecule has 1 heteroatoms. The second kappa shape index (κ2) is 5.67. The molecule has 0 aliphatic heterocycles. The van der Waals surface area contributed by atoms with E-state index in [1.165, 1.54) is 5.56 Å². The van der Waals surface area contributed by atoms with Gasteiger partial charge in [-0.05, 0) is 24.1 Å². The van der Waals surface area contributed by atoms with E-state index < -0.39 is 0 Å². The van der Waals surface area contributed by atoms with Gasteiger partial charge in [-0.1, -0.05) is 30.7 Å². The average molecular weight is 193 g/mol. The lowest BCUT2D eigenvalue weighted by atomic mass is 10.1. The Morgan fingerprint density at radius 1 is 1.15 bits per heavy atom. The van der Waals surface area contributed by atoms with E-state index in [1.54, 1.807) is 0 Å². The number of hydrogen-bond acceptors (Lipinski definition) is 0. The second-order valence-electron chi connectivity index (χ2n) is 2.83. The fraction of sp³-hybridized carbons (Fsp3) is 0.333. The van der Waals surface area contributed by atoms with Gasteiger partial charge in [0.2, 0.25) is 0 Å². The van der Waals surface area contributed by atoms with Gasteiger partial charge >= 0.3 is 0 Å². The van der Waals surface area contributed by atoms with Crippen LogP contribution in [0.2, 0.25) is 5.02 Å². The summed E-state index contributed by atoms with van der Waals surface area (Å²) in [6.07, 6.45) is 2.90. The maximum Gasteiger partial charge on any atom is 0.0406 e. The third-order valence-electron chi connectivity index (χ3n) is 1.75. The molecule has 0 spiro atoms. The smallest absolute Gasteiger partial charge is 0.0406 e. The largest absolute Gasteiger partial charge is 0.104 e. The topological polar surface area (TPSA) is 0 Å². The minimum atomic E-state index is 0.795. The highest BCUT2D eigenvalue weighted by Gasteiger charge is 1.90. The zero-order valence-electron chi connectivity index (χ0n) is 7.81. The Labute approximate surface area is 84.9 Å². The van der Waals surface area contributed by atoms with Gasteiger partial charge in [0.1, 0.15) is 0 Å². The lowest BCUT2D eigenvalue weighted by Gasteiger charge is -1.96. The van der Waals surface area contributed by atoms with Gasteiger partial charge in [0.15, 0.2) is 0 Å². The van der Waals surface area contributed by atoms with Gasteiger partial charge < -0.3 is 0 Å². The molecule has 0 radical (unpaired) electrons. The van der Waals surface area contributed by atoms with Crippen molar-refractivity contribution in [2.24, 2.45) is 0 Å². The van der Waals surface area contributed by atoms with Crippen molar-refractivity contribution in [3.05, 3.63) is 34.9 Å². The van der Waals surface area contributed by atoms with E-state index in [-0.39, 0.29) is 0 Å². The highest BCUT2D eigenvalue weighted by molar-refractivity contribution is 6.30. The molecule has 0 bridgehead atoms. The van der Waals surface area contributed by atoms with E-state index in [1.807, 2.05) is 12.1 Å². The normalized spacial score (nSPS) is 9.08. The fourth-order valence-electron chi connectivity index (χ4n) is 1.07. The molecule has 1 rings (SSSR count). The Balaban J connectivity index is 2.41. The van der Waals surface area contributed by atoms with Crippen LogP contribution < -0.4 is 0 Å². The lowest BCUT2D eigenvalue weighted by molar-refractivity contribution is 1.03. The first-order chi connectivity index (χ1) is 6.33. The maximum absolute atomic E-state index is 5.77. The third-order valence-corrected chi connectivity index (χ3v) is 2.01. The molecule has 0 saturated carbocycles. The number of rotatable bonds is 2. The highest BCUT2D eigenvalue weighted by atomic mass is 35.5. The molecule has 0 saturated heterocycles. The lowest BCUT2D eigenvalue weighted by Crippen LogP contribution is -1.81. The van der Waals surface area contributed by atoms with E-state index in [2.05, 4.69) is 30.9 Å². The molecule has 0 heterocycles. The number of aryl methyl sites for hydroxylation is 1. The van der Waals surface area contributed by atoms with Crippen molar-refractivity contribution in [3.63, 3.8) is 0 Å². The molecular formula is C12H13Cl. The molecule has 0 amide bonds. The zero-order valence-corrected chi connectivity index (χ0v) is 8.56. The first-order valence-corrected chi connectivity index (χ1v) is 4.91. The fourth-order valence-corrected chi connectivity index (χ4v) is 1.20. The number of hydrogen-bond donors (Lipinski definition) is 0. The van der Waals surface area contributed by atoms with Crippen LogP contribution in [0.3, 0.4) is 0 Å². The molecule has 0 nitrogen and oxygen atoms in total. The highest BCUT2D eigenvalue weighted by Crippen LogP contribution is 2.10. The standard InChI is InChI=1S/C12H13Cl/c1-2-3-4-5-6-11-7-9-12(13)10-8-11/h7-10H,2,5-6H2,1H3. The van der Waals surface area contributed by atoms with Crippen molar-refractivity contribution in [2.75, 3.05) is 0 Å². The maximum atomic E-state index is 5.77. The predicted octanol–water partition coefficient (Wildman–Crippen LogP) is 3.69. The van der Waals surface area contributed by atoms with Crippen molar-refractivity contribution < 1.29 is 0 Å². The summed E-state index contributed by atoms with van der Waals surface area (Å²) in [6.45, 7) is 2.06. The minimum absolute atomic E-state index is 0.795. The van der Waals surface area contributed by atoms with Gasteiger partial charge in [0, 0.05) is 17.9 Å². The summed E-state index contributed by atoms with van der Waals surface area (Å²) >= 11 is 5.77. The Morgan fingerprint density at radius 2 is 1.85 bits per heavy atom. The van der Waals surface area contributed by atoms with Gasteiger partial charge in [-0.15, -0.1) is 11.8 Å². The van der Waals surface area contributed by atoms with Crippen LogP contribution in [0.1, 0.15) is 25.3 Å². The van der Waals surface area contributed by atoms with Crippen molar-refractivity contribution >= 4 is 11.6 Å². The van der Waals surface area contributed by atoms with Crippen molar-refractivity contribution in [2.45, 2.75) is 26.2 Å². The van der Waals surface area contributed by atoms with Crippen LogP contribution in [0, 0.1) is 11.8 Å². The monoisotopic (exact) mass is 192 g/mol. The SMILES string of the molecule is CCC#CCCc1ccc(Cl)cc1. The molecule has 0 aliphatic carbocycles. The molecule has 0 fully saturated rings. The molecule has 68 valence electrons. The summed E-state index contributed by atoms with van der Waals surface area (Å²) in [5, 5.41) is 0.795. The van der Waals surface area contributed by atoms with Gasteiger partial charge in [-0.2, -0.15) is 0 Å². The van der Waals surface area contributed by atoms with E-state index in [0.29, 0.717) is 0 Å². The average Bonchev–Trinajstić information content (AvgIpc) is 2.15. The zero-order chi connectivity index (χ0) is 9.52. The minimum Gasteiger partial charge on any atom is -0.104 e. The van der Waals surface area contributed by atoms with Crippen LogP contribution in [-0.4, -0.2) is 0 Å². The number of halogens is 1. The molecule has 1 aromatic rings. The summed E-state index contributed by atoms with van der Waals surface area (Å²) in [5.41, 5.74) is 1.30. The van der Waals surface area contributed by atoms with E-state index in [9.17, 15) is 0 Å². The first-order valence-electron chi connectivity index (χ1n) is 4.53. The molecule has 0 aromatic heterocycles. The summed E-state index contributed by atoms with van der Waals surface area (Å²) in [5.74, 6) is 6.17. The Morgan fingerprint density at radius 3 is 2.46 bits per heavy atom. The van der Waals surface area contributed by atoms with Gasteiger partial charge in [-0.25, -0.2) is 0 Å². The van der Waals surface area contributed by atoms with Crippen LogP contribution >= 0.6 is 11.6 Å². The molecule has 0 aliphatic rings. The van der Waals surface area contributed by atoms with Gasteiger partial charge in [-0.3, -0.25) is 0 Å². The Hall–Kier alpha value is -0.930. The van der Waals surface area contributed by atoms with Crippen LogP contribution in [-0.2, 0) is 6.42 Å². The number of benzene rings is 1. The Kier molecular flexibility index (Phi) is 4.43. The summed E-state index contributed by atoms with van der Waals surface area (Å²) in [7, 11) is 0. The molecule has 1 aromatic carbocycles. The molecular weight excluding hydrogens is 180 g/mol.